The number of nitrogens with one attached hydrogen (secondary N) is 1. The first kappa shape index (κ1) is 16.0. The van der Waals surface area contributed by atoms with E-state index in [2.05, 4.69) is 24.1 Å². The normalized spacial score (nSPS) is 19.5. The first-order chi connectivity index (χ1) is 10.1. The lowest BCUT2D eigenvalue weighted by Crippen LogP contribution is -2.41. The lowest BCUT2D eigenvalue weighted by molar-refractivity contribution is -0.117. The molecule has 0 aliphatic carbocycles. The summed E-state index contributed by atoms with van der Waals surface area (Å²) >= 11 is 0. The molecular weight excluding hydrogens is 264 g/mol. The monoisotopic (exact) mass is 290 g/mol. The molecule has 0 bridgehead atoms. The van der Waals surface area contributed by atoms with Crippen molar-refractivity contribution in [3.8, 4) is 0 Å². The highest BCUT2D eigenvalue weighted by molar-refractivity contribution is 5.92. The molecule has 0 radical (unpaired) electrons. The Morgan fingerprint density at radius 2 is 2.19 bits per heavy atom. The molecule has 1 aliphatic rings. The Labute approximate surface area is 127 Å². The number of piperidine rings is 1. The number of amides is 1. The van der Waals surface area contributed by atoms with Crippen molar-refractivity contribution in [1.82, 2.24) is 4.90 Å². The molecule has 2 rings (SSSR count). The fourth-order valence-electron chi connectivity index (χ4n) is 2.89. The summed E-state index contributed by atoms with van der Waals surface area (Å²) in [5, 5.41) is 2.99. The van der Waals surface area contributed by atoms with Gasteiger partial charge in [0.2, 0.25) is 5.91 Å². The van der Waals surface area contributed by atoms with Gasteiger partial charge in [0.25, 0.3) is 0 Å². The lowest BCUT2D eigenvalue weighted by Gasteiger charge is -2.31. The second-order valence-corrected chi connectivity index (χ2v) is 6.05. The van der Waals surface area contributed by atoms with Gasteiger partial charge in [0, 0.05) is 19.3 Å². The van der Waals surface area contributed by atoms with E-state index in [1.807, 2.05) is 18.2 Å². The maximum atomic E-state index is 12.2. The van der Waals surface area contributed by atoms with Crippen LogP contribution in [0.4, 0.5) is 5.69 Å². The number of carbonyl (C=O) groups is 1. The number of aryl methyl sites for hydroxylation is 2. The van der Waals surface area contributed by atoms with Crippen molar-refractivity contribution in [3.63, 3.8) is 0 Å². The van der Waals surface area contributed by atoms with Crippen molar-refractivity contribution < 1.29 is 9.53 Å². The van der Waals surface area contributed by atoms with Crippen molar-refractivity contribution in [3.05, 3.63) is 29.3 Å². The van der Waals surface area contributed by atoms with E-state index >= 15 is 0 Å². The Bertz CT molecular complexity index is 486. The number of ether oxygens (including phenoxy) is 1. The standard InChI is InChI=1S/C17H26N2O2/c1-13-6-7-16(9-14(13)2)18-17(20)11-19-8-4-5-15(10-19)12-21-3/h6-7,9,15H,4-5,8,10-12H2,1-3H3,(H,18,20)/t15-/m1/s1. The molecule has 1 heterocycles. The number of nitrogens with zero attached hydrogens (tertiary/aromatic N) is 1. The molecule has 0 unspecified atom stereocenters. The van der Waals surface area contributed by atoms with Crippen LogP contribution < -0.4 is 5.32 Å². The van der Waals surface area contributed by atoms with Crippen LogP contribution in [0.25, 0.3) is 0 Å². The Balaban J connectivity index is 1.84. The maximum Gasteiger partial charge on any atom is 0.238 e. The molecule has 1 atom stereocenters. The number of benzene rings is 1. The van der Waals surface area contributed by atoms with E-state index in [0.29, 0.717) is 12.5 Å². The van der Waals surface area contributed by atoms with Crippen LogP contribution in [0.5, 0.6) is 0 Å². The van der Waals surface area contributed by atoms with Gasteiger partial charge in [0.05, 0.1) is 13.2 Å². The Morgan fingerprint density at radius 1 is 1.38 bits per heavy atom. The van der Waals surface area contributed by atoms with Crippen LogP contribution in [0, 0.1) is 19.8 Å². The smallest absolute Gasteiger partial charge is 0.238 e. The average Bonchev–Trinajstić information content (AvgIpc) is 2.43. The van der Waals surface area contributed by atoms with Crippen LogP contribution in [0.2, 0.25) is 0 Å². The molecule has 116 valence electrons. The Kier molecular flexibility index (Phi) is 5.76. The topological polar surface area (TPSA) is 41.6 Å². The number of methoxy groups -OCH3 is 1. The molecule has 21 heavy (non-hydrogen) atoms. The van der Waals surface area contributed by atoms with Crippen molar-refractivity contribution >= 4 is 11.6 Å². The van der Waals surface area contributed by atoms with Gasteiger partial charge in [0.1, 0.15) is 0 Å². The zero-order chi connectivity index (χ0) is 15.2. The van der Waals surface area contributed by atoms with Crippen LogP contribution in [-0.2, 0) is 9.53 Å². The molecule has 1 saturated heterocycles. The number of rotatable bonds is 5. The molecule has 1 N–H and O–H groups in total. The number of likely N-dealkylation sites (tertiary alicyclic amines) is 1. The van der Waals surface area contributed by atoms with Gasteiger partial charge in [-0.05, 0) is 62.4 Å². The second-order valence-electron chi connectivity index (χ2n) is 6.05. The van der Waals surface area contributed by atoms with E-state index in [1.165, 1.54) is 17.5 Å². The van der Waals surface area contributed by atoms with E-state index < -0.39 is 0 Å². The highest BCUT2D eigenvalue weighted by atomic mass is 16.5. The Hall–Kier alpha value is -1.39. The predicted octanol–water partition coefficient (Wildman–Crippen LogP) is 2.60. The third kappa shape index (κ3) is 4.83. The van der Waals surface area contributed by atoms with E-state index in [1.54, 1.807) is 7.11 Å². The zero-order valence-electron chi connectivity index (χ0n) is 13.3. The summed E-state index contributed by atoms with van der Waals surface area (Å²) in [6.07, 6.45) is 2.34. The first-order valence-corrected chi connectivity index (χ1v) is 7.67. The zero-order valence-corrected chi connectivity index (χ0v) is 13.3. The fourth-order valence-corrected chi connectivity index (χ4v) is 2.89. The third-order valence-corrected chi connectivity index (χ3v) is 4.16. The molecule has 1 aromatic rings. The molecule has 1 fully saturated rings. The number of anilines is 1. The average molecular weight is 290 g/mol. The van der Waals surface area contributed by atoms with Gasteiger partial charge < -0.3 is 10.1 Å². The summed E-state index contributed by atoms with van der Waals surface area (Å²) in [6.45, 7) is 7.34. The summed E-state index contributed by atoms with van der Waals surface area (Å²) in [5.41, 5.74) is 3.32. The highest BCUT2D eigenvalue weighted by Crippen LogP contribution is 2.17. The van der Waals surface area contributed by atoms with Crippen LogP contribution in [0.15, 0.2) is 18.2 Å². The van der Waals surface area contributed by atoms with Gasteiger partial charge in [-0.3, -0.25) is 9.69 Å². The number of hydrogen-bond acceptors (Lipinski definition) is 3. The second kappa shape index (κ2) is 7.57. The van der Waals surface area contributed by atoms with E-state index in [-0.39, 0.29) is 5.91 Å². The first-order valence-electron chi connectivity index (χ1n) is 7.67. The van der Waals surface area contributed by atoms with Crippen molar-refractivity contribution in [1.29, 1.82) is 0 Å². The van der Waals surface area contributed by atoms with Gasteiger partial charge in [-0.2, -0.15) is 0 Å². The van der Waals surface area contributed by atoms with Gasteiger partial charge >= 0.3 is 0 Å². The minimum atomic E-state index is 0.0660. The Morgan fingerprint density at radius 3 is 2.90 bits per heavy atom. The lowest BCUT2D eigenvalue weighted by atomic mass is 9.99. The van der Waals surface area contributed by atoms with Gasteiger partial charge in [0.15, 0.2) is 0 Å². The largest absolute Gasteiger partial charge is 0.384 e. The van der Waals surface area contributed by atoms with E-state index in [4.69, 9.17) is 4.74 Å². The van der Waals surface area contributed by atoms with Crippen LogP contribution in [0.3, 0.4) is 0 Å². The maximum absolute atomic E-state index is 12.2. The molecule has 0 aromatic heterocycles. The highest BCUT2D eigenvalue weighted by Gasteiger charge is 2.21. The van der Waals surface area contributed by atoms with Crippen LogP contribution >= 0.6 is 0 Å². The van der Waals surface area contributed by atoms with Gasteiger partial charge in [-0.15, -0.1) is 0 Å². The minimum Gasteiger partial charge on any atom is -0.384 e. The van der Waals surface area contributed by atoms with Crippen molar-refractivity contribution in [2.24, 2.45) is 5.92 Å². The molecule has 4 heteroatoms. The molecule has 0 saturated carbocycles. The quantitative estimate of drug-likeness (QED) is 0.906. The van der Waals surface area contributed by atoms with E-state index in [9.17, 15) is 4.79 Å². The summed E-state index contributed by atoms with van der Waals surface area (Å²) in [7, 11) is 1.74. The SMILES string of the molecule is COC[C@@H]1CCCN(CC(=O)Nc2ccc(C)c(C)c2)C1. The summed E-state index contributed by atoms with van der Waals surface area (Å²) in [5.74, 6) is 0.620. The molecule has 0 spiro atoms. The predicted molar refractivity (Wildman–Crippen MR) is 85.6 cm³/mol. The van der Waals surface area contributed by atoms with Crippen LogP contribution in [0.1, 0.15) is 24.0 Å². The number of carbonyl (C=O) groups excluding carboxylic acids is 1. The molecule has 1 amide bonds. The van der Waals surface area contributed by atoms with Crippen LogP contribution in [-0.4, -0.2) is 44.2 Å². The summed E-state index contributed by atoms with van der Waals surface area (Å²) in [6, 6.07) is 6.03. The molecular formula is C17H26N2O2. The number of hydrogen-bond donors (Lipinski definition) is 1. The molecule has 4 nitrogen and oxygen atoms in total. The molecule has 1 aliphatic heterocycles. The van der Waals surface area contributed by atoms with Gasteiger partial charge in [-0.1, -0.05) is 6.07 Å². The fraction of sp³-hybridized carbons (Fsp3) is 0.588. The van der Waals surface area contributed by atoms with E-state index in [0.717, 1.165) is 31.8 Å². The summed E-state index contributed by atoms with van der Waals surface area (Å²) < 4.78 is 5.23. The molecule has 1 aromatic carbocycles. The summed E-state index contributed by atoms with van der Waals surface area (Å²) in [4.78, 5) is 14.4. The van der Waals surface area contributed by atoms with Gasteiger partial charge in [-0.25, -0.2) is 0 Å². The van der Waals surface area contributed by atoms with Crippen molar-refractivity contribution in [2.75, 3.05) is 38.7 Å². The minimum absolute atomic E-state index is 0.0660. The third-order valence-electron chi connectivity index (χ3n) is 4.16. The van der Waals surface area contributed by atoms with Crippen molar-refractivity contribution in [2.45, 2.75) is 26.7 Å².